The number of hydrogen-bond donors (Lipinski definition) is 2. The molecular formula is C11H13N3OS. The Labute approximate surface area is 100.0 Å². The van der Waals surface area contributed by atoms with Crippen LogP contribution in [0.4, 0.5) is 0 Å². The minimum absolute atomic E-state index is 0.0255. The zero-order valence-corrected chi connectivity index (χ0v) is 9.97. The molecule has 0 fully saturated rings. The SMILES string of the molecule is CC(C)Oc1ccc(C(=S)NN)cc1C#N. The van der Waals surface area contributed by atoms with Crippen molar-refractivity contribution < 1.29 is 4.74 Å². The fraction of sp³-hybridized carbons (Fsp3) is 0.273. The third-order valence-corrected chi connectivity index (χ3v) is 2.21. The molecule has 0 spiro atoms. The largest absolute Gasteiger partial charge is 0.490 e. The summed E-state index contributed by atoms with van der Waals surface area (Å²) in [5.41, 5.74) is 3.52. The lowest BCUT2D eigenvalue weighted by Crippen LogP contribution is -2.29. The van der Waals surface area contributed by atoms with Crippen LogP contribution in [0.2, 0.25) is 0 Å². The van der Waals surface area contributed by atoms with Crippen LogP contribution in [0.3, 0.4) is 0 Å². The minimum atomic E-state index is 0.0255. The topological polar surface area (TPSA) is 71.1 Å². The number of hydrazine groups is 1. The van der Waals surface area contributed by atoms with Crippen molar-refractivity contribution in [3.05, 3.63) is 29.3 Å². The molecule has 0 unspecified atom stereocenters. The van der Waals surface area contributed by atoms with Gasteiger partial charge in [0.2, 0.25) is 0 Å². The van der Waals surface area contributed by atoms with E-state index in [4.69, 9.17) is 28.1 Å². The Bertz CT molecular complexity index is 437. The van der Waals surface area contributed by atoms with Crippen molar-refractivity contribution in [2.75, 3.05) is 0 Å². The average Bonchev–Trinajstić information content (AvgIpc) is 2.27. The van der Waals surface area contributed by atoms with E-state index in [1.54, 1.807) is 18.2 Å². The maximum Gasteiger partial charge on any atom is 0.137 e. The van der Waals surface area contributed by atoms with Gasteiger partial charge in [0, 0.05) is 5.56 Å². The molecule has 0 atom stereocenters. The highest BCUT2D eigenvalue weighted by Gasteiger charge is 2.08. The number of ether oxygens (including phenoxy) is 1. The molecule has 0 aliphatic carbocycles. The predicted octanol–water partition coefficient (Wildman–Crippen LogP) is 1.48. The van der Waals surface area contributed by atoms with Gasteiger partial charge in [-0.1, -0.05) is 12.2 Å². The minimum Gasteiger partial charge on any atom is -0.490 e. The van der Waals surface area contributed by atoms with E-state index in [-0.39, 0.29) is 6.10 Å². The van der Waals surface area contributed by atoms with E-state index < -0.39 is 0 Å². The molecule has 0 amide bonds. The molecule has 0 saturated carbocycles. The first-order valence-corrected chi connectivity index (χ1v) is 5.21. The van der Waals surface area contributed by atoms with E-state index in [2.05, 4.69) is 11.5 Å². The highest BCUT2D eigenvalue weighted by atomic mass is 32.1. The Morgan fingerprint density at radius 1 is 1.56 bits per heavy atom. The molecule has 0 saturated heterocycles. The maximum absolute atomic E-state index is 8.99. The van der Waals surface area contributed by atoms with Gasteiger partial charge in [0.05, 0.1) is 11.7 Å². The van der Waals surface area contributed by atoms with Crippen molar-refractivity contribution in [3.63, 3.8) is 0 Å². The molecule has 0 aromatic heterocycles. The molecule has 1 rings (SSSR count). The number of benzene rings is 1. The molecule has 0 aliphatic rings. The molecule has 0 aliphatic heterocycles. The highest BCUT2D eigenvalue weighted by molar-refractivity contribution is 7.80. The summed E-state index contributed by atoms with van der Waals surface area (Å²) in [4.78, 5) is 0.396. The third kappa shape index (κ3) is 2.92. The zero-order valence-electron chi connectivity index (χ0n) is 9.15. The number of nitrogens with one attached hydrogen (secondary N) is 1. The van der Waals surface area contributed by atoms with Crippen LogP contribution in [0.25, 0.3) is 0 Å². The number of nitrogens with two attached hydrogens (primary N) is 1. The summed E-state index contributed by atoms with van der Waals surface area (Å²) in [5.74, 6) is 5.77. The summed E-state index contributed by atoms with van der Waals surface area (Å²) in [6, 6.07) is 7.20. The second kappa shape index (κ2) is 5.45. The van der Waals surface area contributed by atoms with Crippen molar-refractivity contribution in [2.24, 2.45) is 5.84 Å². The molecule has 5 heteroatoms. The Hall–Kier alpha value is -1.64. The maximum atomic E-state index is 8.99. The number of nitrogens with zero attached hydrogens (tertiary/aromatic N) is 1. The van der Waals surface area contributed by atoms with Crippen LogP contribution in [0.5, 0.6) is 5.75 Å². The van der Waals surface area contributed by atoms with Crippen LogP contribution in [0.15, 0.2) is 18.2 Å². The molecule has 4 nitrogen and oxygen atoms in total. The van der Waals surface area contributed by atoms with Crippen molar-refractivity contribution in [3.8, 4) is 11.8 Å². The zero-order chi connectivity index (χ0) is 12.1. The third-order valence-electron chi connectivity index (χ3n) is 1.86. The monoisotopic (exact) mass is 235 g/mol. The van der Waals surface area contributed by atoms with Gasteiger partial charge in [0.15, 0.2) is 0 Å². The van der Waals surface area contributed by atoms with Gasteiger partial charge in [-0.2, -0.15) is 5.26 Å². The van der Waals surface area contributed by atoms with Gasteiger partial charge in [-0.05, 0) is 32.0 Å². The Morgan fingerprint density at radius 3 is 2.75 bits per heavy atom. The van der Waals surface area contributed by atoms with Gasteiger partial charge >= 0.3 is 0 Å². The molecule has 1 aromatic rings. The van der Waals surface area contributed by atoms with Crippen LogP contribution in [0.1, 0.15) is 25.0 Å². The summed E-state index contributed by atoms with van der Waals surface area (Å²) in [6.07, 6.45) is 0.0255. The van der Waals surface area contributed by atoms with Crippen LogP contribution in [0, 0.1) is 11.3 Å². The second-order valence-electron chi connectivity index (χ2n) is 3.46. The van der Waals surface area contributed by atoms with Crippen LogP contribution >= 0.6 is 12.2 Å². The fourth-order valence-electron chi connectivity index (χ4n) is 1.20. The van der Waals surface area contributed by atoms with Crippen LogP contribution in [-0.2, 0) is 0 Å². The highest BCUT2D eigenvalue weighted by Crippen LogP contribution is 2.20. The van der Waals surface area contributed by atoms with Gasteiger partial charge in [-0.15, -0.1) is 0 Å². The first kappa shape index (κ1) is 12.4. The van der Waals surface area contributed by atoms with Crippen LogP contribution in [-0.4, -0.2) is 11.1 Å². The van der Waals surface area contributed by atoms with Gasteiger partial charge in [-0.25, -0.2) is 5.84 Å². The Morgan fingerprint density at radius 2 is 2.25 bits per heavy atom. The molecule has 0 bridgehead atoms. The molecule has 1 aromatic carbocycles. The molecule has 3 N–H and O–H groups in total. The van der Waals surface area contributed by atoms with Crippen molar-refractivity contribution in [1.29, 1.82) is 5.26 Å². The van der Waals surface area contributed by atoms with Gasteiger partial charge < -0.3 is 10.2 Å². The summed E-state index contributed by atoms with van der Waals surface area (Å²) >= 11 is 4.97. The van der Waals surface area contributed by atoms with Crippen molar-refractivity contribution in [2.45, 2.75) is 20.0 Å². The number of thiocarbonyl (C=S) groups is 1. The number of hydrogen-bond acceptors (Lipinski definition) is 4. The van der Waals surface area contributed by atoms with Crippen molar-refractivity contribution in [1.82, 2.24) is 5.43 Å². The fourth-order valence-corrected chi connectivity index (χ4v) is 1.33. The van der Waals surface area contributed by atoms with E-state index in [1.807, 2.05) is 13.8 Å². The lowest BCUT2D eigenvalue weighted by atomic mass is 10.1. The molecular weight excluding hydrogens is 222 g/mol. The summed E-state index contributed by atoms with van der Waals surface area (Å²) in [6.45, 7) is 3.81. The van der Waals surface area contributed by atoms with Crippen molar-refractivity contribution >= 4 is 17.2 Å². The smallest absolute Gasteiger partial charge is 0.137 e. The molecule has 0 radical (unpaired) electrons. The van der Waals surface area contributed by atoms with Gasteiger partial charge in [0.25, 0.3) is 0 Å². The van der Waals surface area contributed by atoms with E-state index in [0.29, 0.717) is 21.9 Å². The number of rotatable bonds is 3. The molecule has 84 valence electrons. The lowest BCUT2D eigenvalue weighted by Gasteiger charge is -2.12. The summed E-state index contributed by atoms with van der Waals surface area (Å²) in [7, 11) is 0. The van der Waals surface area contributed by atoms with Crippen LogP contribution < -0.4 is 16.0 Å². The lowest BCUT2D eigenvalue weighted by molar-refractivity contribution is 0.241. The Balaban J connectivity index is 3.08. The summed E-state index contributed by atoms with van der Waals surface area (Å²) in [5, 5.41) is 8.99. The quantitative estimate of drug-likeness (QED) is 0.472. The first-order chi connectivity index (χ1) is 7.58. The Kier molecular flexibility index (Phi) is 4.23. The van der Waals surface area contributed by atoms with Gasteiger partial charge in [0.1, 0.15) is 16.8 Å². The molecule has 0 heterocycles. The van der Waals surface area contributed by atoms with E-state index >= 15 is 0 Å². The normalized spacial score (nSPS) is 9.69. The summed E-state index contributed by atoms with van der Waals surface area (Å²) < 4.78 is 5.49. The predicted molar refractivity (Wildman–Crippen MR) is 65.9 cm³/mol. The first-order valence-electron chi connectivity index (χ1n) is 4.80. The standard InChI is InChI=1S/C11H13N3OS/c1-7(2)15-10-4-3-8(11(16)14-13)5-9(10)6-12/h3-5,7H,13H2,1-2H3,(H,14,16). The molecule has 16 heavy (non-hydrogen) atoms. The van der Waals surface area contributed by atoms with E-state index in [0.717, 1.165) is 0 Å². The second-order valence-corrected chi connectivity index (χ2v) is 3.87. The van der Waals surface area contributed by atoms with Gasteiger partial charge in [-0.3, -0.25) is 0 Å². The average molecular weight is 235 g/mol. The van der Waals surface area contributed by atoms with E-state index in [9.17, 15) is 0 Å². The van der Waals surface area contributed by atoms with E-state index in [1.165, 1.54) is 0 Å². The number of nitriles is 1.